The highest BCUT2D eigenvalue weighted by Gasteiger charge is 2.51. The Morgan fingerprint density at radius 1 is 1.07 bits per heavy atom. The molecule has 2 amide bonds. The van der Waals surface area contributed by atoms with Crippen LogP contribution in [0, 0.1) is 11.8 Å². The molecule has 1 N–H and O–H groups in total. The molecular weight excluding hydrogens is 346 g/mol. The van der Waals surface area contributed by atoms with E-state index >= 15 is 0 Å². The first-order valence-electron chi connectivity index (χ1n) is 9.62. The third kappa shape index (κ3) is 3.80. The second-order valence-electron chi connectivity index (χ2n) is 7.81. The van der Waals surface area contributed by atoms with Gasteiger partial charge in [0.1, 0.15) is 0 Å². The van der Waals surface area contributed by atoms with E-state index < -0.39 is 5.79 Å². The molecule has 7 nitrogen and oxygen atoms in total. The zero-order valence-corrected chi connectivity index (χ0v) is 15.9. The van der Waals surface area contributed by atoms with Gasteiger partial charge >= 0.3 is 0 Å². The highest BCUT2D eigenvalue weighted by molar-refractivity contribution is 5.99. The lowest BCUT2D eigenvalue weighted by Gasteiger charge is -2.37. The number of benzene rings is 1. The summed E-state index contributed by atoms with van der Waals surface area (Å²) in [5.74, 6) is -0.866. The van der Waals surface area contributed by atoms with E-state index in [1.165, 1.54) is 0 Å². The quantitative estimate of drug-likeness (QED) is 0.870. The lowest BCUT2D eigenvalue weighted by atomic mass is 10.0. The van der Waals surface area contributed by atoms with Crippen LogP contribution in [-0.2, 0) is 19.1 Å². The van der Waals surface area contributed by atoms with Crippen LogP contribution in [0.25, 0.3) is 0 Å². The monoisotopic (exact) mass is 373 g/mol. The lowest BCUT2D eigenvalue weighted by Crippen LogP contribution is -2.48. The molecule has 7 heteroatoms. The molecule has 1 saturated carbocycles. The summed E-state index contributed by atoms with van der Waals surface area (Å²) in [5.41, 5.74) is 1.84. The molecule has 0 bridgehead atoms. The molecule has 1 aliphatic carbocycles. The lowest BCUT2D eigenvalue weighted by molar-refractivity contribution is -0.187. The molecule has 2 saturated heterocycles. The number of likely N-dealkylation sites (tertiary alicyclic amines) is 1. The largest absolute Gasteiger partial charge is 0.378 e. The van der Waals surface area contributed by atoms with Crippen LogP contribution >= 0.6 is 0 Å². The first-order chi connectivity index (χ1) is 13.0. The molecule has 3 aliphatic rings. The molecule has 1 aromatic rings. The van der Waals surface area contributed by atoms with Crippen molar-refractivity contribution < 1.29 is 19.1 Å². The number of hydrogen-bond donors (Lipinski definition) is 1. The summed E-state index contributed by atoms with van der Waals surface area (Å²) in [4.78, 5) is 29.0. The van der Waals surface area contributed by atoms with Crippen LogP contribution in [0.15, 0.2) is 24.3 Å². The van der Waals surface area contributed by atoms with Crippen LogP contribution in [0.4, 0.5) is 11.4 Å². The van der Waals surface area contributed by atoms with Crippen LogP contribution in [0.5, 0.6) is 0 Å². The van der Waals surface area contributed by atoms with Crippen molar-refractivity contribution in [3.63, 3.8) is 0 Å². The number of anilines is 2. The first-order valence-corrected chi connectivity index (χ1v) is 9.62. The first kappa shape index (κ1) is 18.3. The van der Waals surface area contributed by atoms with Gasteiger partial charge in [0, 0.05) is 51.4 Å². The number of nitrogens with zero attached hydrogens (tertiary/aromatic N) is 2. The molecule has 1 aromatic carbocycles. The van der Waals surface area contributed by atoms with E-state index in [9.17, 15) is 9.59 Å². The number of carbonyl (C=O) groups excluding carboxylic acids is 2. The molecule has 2 atom stereocenters. The second kappa shape index (κ2) is 7.13. The van der Waals surface area contributed by atoms with Gasteiger partial charge in [0.05, 0.1) is 25.0 Å². The van der Waals surface area contributed by atoms with Crippen molar-refractivity contribution in [2.45, 2.75) is 25.0 Å². The standard InChI is InChI=1S/C20H27N3O4/c1-22(2)15-5-3-14(4-6-15)21-18(24)16-13-17(16)19(25)23-9-7-20(8-10-23)26-11-12-27-20/h3-6,16-17H,7-13H2,1-2H3,(H,21,24). The maximum absolute atomic E-state index is 12.7. The Bertz CT molecular complexity index is 702. The number of carbonyl (C=O) groups is 2. The van der Waals surface area contributed by atoms with Crippen molar-refractivity contribution in [3.8, 4) is 0 Å². The van der Waals surface area contributed by atoms with E-state index in [1.54, 1.807) is 0 Å². The van der Waals surface area contributed by atoms with Crippen molar-refractivity contribution in [1.82, 2.24) is 4.90 Å². The van der Waals surface area contributed by atoms with Gasteiger partial charge in [0.25, 0.3) is 0 Å². The van der Waals surface area contributed by atoms with Gasteiger partial charge in [0.2, 0.25) is 11.8 Å². The van der Waals surface area contributed by atoms with E-state index in [2.05, 4.69) is 5.32 Å². The Kier molecular flexibility index (Phi) is 4.82. The summed E-state index contributed by atoms with van der Waals surface area (Å²) in [5, 5.41) is 2.93. The number of hydrogen-bond acceptors (Lipinski definition) is 5. The molecule has 146 valence electrons. The van der Waals surface area contributed by atoms with Gasteiger partial charge in [-0.15, -0.1) is 0 Å². The van der Waals surface area contributed by atoms with Crippen molar-refractivity contribution >= 4 is 23.2 Å². The Hall–Kier alpha value is -2.12. The highest BCUT2D eigenvalue weighted by atomic mass is 16.7. The highest BCUT2D eigenvalue weighted by Crippen LogP contribution is 2.42. The third-order valence-corrected chi connectivity index (χ3v) is 5.75. The minimum atomic E-state index is -0.476. The summed E-state index contributed by atoms with van der Waals surface area (Å²) in [6, 6.07) is 7.69. The number of nitrogens with one attached hydrogen (secondary N) is 1. The Morgan fingerprint density at radius 3 is 2.30 bits per heavy atom. The van der Waals surface area contributed by atoms with Crippen molar-refractivity contribution in [3.05, 3.63) is 24.3 Å². The fourth-order valence-electron chi connectivity index (χ4n) is 3.92. The van der Waals surface area contributed by atoms with Gasteiger partial charge in [-0.3, -0.25) is 9.59 Å². The minimum absolute atomic E-state index is 0.0677. The average Bonchev–Trinajstić information content (AvgIpc) is 3.36. The summed E-state index contributed by atoms with van der Waals surface area (Å²) in [6.45, 7) is 2.54. The maximum Gasteiger partial charge on any atom is 0.228 e. The summed E-state index contributed by atoms with van der Waals surface area (Å²) < 4.78 is 11.4. The number of ether oxygens (including phenoxy) is 2. The average molecular weight is 373 g/mol. The number of amides is 2. The Balaban J connectivity index is 1.27. The number of piperidine rings is 1. The van der Waals surface area contributed by atoms with Crippen LogP contribution in [-0.4, -0.2) is 62.9 Å². The SMILES string of the molecule is CN(C)c1ccc(NC(=O)C2CC2C(=O)N2CCC3(CC2)OCCO3)cc1. The van der Waals surface area contributed by atoms with Crippen LogP contribution < -0.4 is 10.2 Å². The van der Waals surface area contributed by atoms with Crippen molar-refractivity contribution in [2.75, 3.05) is 50.6 Å². The molecule has 1 spiro atoms. The van der Waals surface area contributed by atoms with Gasteiger partial charge in [-0.2, -0.15) is 0 Å². The second-order valence-corrected chi connectivity index (χ2v) is 7.81. The van der Waals surface area contributed by atoms with E-state index in [0.29, 0.717) is 45.6 Å². The molecule has 2 unspecified atom stereocenters. The normalized spacial score (nSPS) is 26.1. The van der Waals surface area contributed by atoms with Gasteiger partial charge in [-0.05, 0) is 30.7 Å². The van der Waals surface area contributed by atoms with Crippen LogP contribution in [0.2, 0.25) is 0 Å². The topological polar surface area (TPSA) is 71.1 Å². The zero-order valence-electron chi connectivity index (χ0n) is 15.9. The molecule has 27 heavy (non-hydrogen) atoms. The third-order valence-electron chi connectivity index (χ3n) is 5.75. The van der Waals surface area contributed by atoms with Gasteiger partial charge in [-0.1, -0.05) is 0 Å². The molecule has 2 aliphatic heterocycles. The van der Waals surface area contributed by atoms with E-state index in [1.807, 2.05) is 48.2 Å². The predicted molar refractivity (Wildman–Crippen MR) is 101 cm³/mol. The Morgan fingerprint density at radius 2 is 1.70 bits per heavy atom. The summed E-state index contributed by atoms with van der Waals surface area (Å²) in [6.07, 6.45) is 2.05. The van der Waals surface area contributed by atoms with Gasteiger partial charge < -0.3 is 24.6 Å². The van der Waals surface area contributed by atoms with Crippen molar-refractivity contribution in [2.24, 2.45) is 11.8 Å². The van der Waals surface area contributed by atoms with E-state index in [0.717, 1.165) is 11.4 Å². The van der Waals surface area contributed by atoms with Crippen molar-refractivity contribution in [1.29, 1.82) is 0 Å². The summed E-state index contributed by atoms with van der Waals surface area (Å²) in [7, 11) is 3.95. The zero-order chi connectivity index (χ0) is 19.0. The molecule has 0 aromatic heterocycles. The van der Waals surface area contributed by atoms with Crippen LogP contribution in [0.1, 0.15) is 19.3 Å². The summed E-state index contributed by atoms with van der Waals surface area (Å²) >= 11 is 0. The maximum atomic E-state index is 12.7. The minimum Gasteiger partial charge on any atom is -0.378 e. The van der Waals surface area contributed by atoms with Gasteiger partial charge in [-0.25, -0.2) is 0 Å². The predicted octanol–water partition coefficient (Wildman–Crippen LogP) is 1.69. The fourth-order valence-corrected chi connectivity index (χ4v) is 3.92. The van der Waals surface area contributed by atoms with E-state index in [-0.39, 0.29) is 23.7 Å². The Labute approximate surface area is 159 Å². The van der Waals surface area contributed by atoms with Crippen LogP contribution in [0.3, 0.4) is 0 Å². The molecule has 2 heterocycles. The smallest absolute Gasteiger partial charge is 0.228 e. The molecule has 3 fully saturated rings. The number of rotatable bonds is 4. The van der Waals surface area contributed by atoms with Gasteiger partial charge in [0.15, 0.2) is 5.79 Å². The molecule has 0 radical (unpaired) electrons. The fraction of sp³-hybridized carbons (Fsp3) is 0.600. The molecule has 4 rings (SSSR count). The van der Waals surface area contributed by atoms with E-state index in [4.69, 9.17) is 9.47 Å². The molecular formula is C20H27N3O4.